The number of aryl methyl sites for hydroxylation is 1. The van der Waals surface area contributed by atoms with Crippen LogP contribution in [0.5, 0.6) is 0 Å². The Hall–Kier alpha value is -2.54. The van der Waals surface area contributed by atoms with Crippen LogP contribution in [0.1, 0.15) is 16.2 Å². The number of nitrogens with one attached hydrogen (secondary N) is 1. The topological polar surface area (TPSA) is 67.5 Å². The highest BCUT2D eigenvalue weighted by atomic mass is 32.1. The smallest absolute Gasteiger partial charge is 0.268 e. The second kappa shape index (κ2) is 6.29. The summed E-state index contributed by atoms with van der Waals surface area (Å²) in [6, 6.07) is 7.39. The molecule has 1 N–H and O–H groups in total. The van der Waals surface area contributed by atoms with E-state index in [2.05, 4.69) is 5.32 Å². The van der Waals surface area contributed by atoms with Crippen LogP contribution in [-0.4, -0.2) is 34.9 Å². The van der Waals surface area contributed by atoms with Crippen molar-refractivity contribution in [3.8, 4) is 0 Å². The van der Waals surface area contributed by atoms with Crippen LogP contribution in [0.2, 0.25) is 0 Å². The van der Waals surface area contributed by atoms with E-state index in [1.54, 1.807) is 36.8 Å². The minimum Gasteiger partial charge on any atom is -0.467 e. The normalized spacial score (nSPS) is 10.9. The maximum atomic E-state index is 12.3. The summed E-state index contributed by atoms with van der Waals surface area (Å²) in [5.41, 5.74) is 1.56. The van der Waals surface area contributed by atoms with E-state index >= 15 is 0 Å². The zero-order valence-electron chi connectivity index (χ0n) is 12.9. The molecular weight excluding hydrogens is 314 g/mol. The van der Waals surface area contributed by atoms with Gasteiger partial charge in [0.15, 0.2) is 0 Å². The second-order valence-corrected chi connectivity index (χ2v) is 6.22. The number of nitrogens with zero attached hydrogens (tertiary/aromatic N) is 2. The van der Waals surface area contributed by atoms with Gasteiger partial charge in [-0.05, 0) is 29.6 Å². The van der Waals surface area contributed by atoms with E-state index in [1.807, 2.05) is 29.1 Å². The molecule has 3 aromatic heterocycles. The highest BCUT2D eigenvalue weighted by Crippen LogP contribution is 2.23. The molecule has 7 heteroatoms. The van der Waals surface area contributed by atoms with Gasteiger partial charge >= 0.3 is 0 Å². The number of aromatic nitrogens is 1. The molecule has 0 unspecified atom stereocenters. The fourth-order valence-electron chi connectivity index (χ4n) is 2.37. The van der Waals surface area contributed by atoms with Crippen molar-refractivity contribution in [3.63, 3.8) is 0 Å². The molecule has 6 nitrogen and oxygen atoms in total. The summed E-state index contributed by atoms with van der Waals surface area (Å²) in [5.74, 6) is 0.274. The number of fused-ring (bicyclic) bond motifs is 1. The van der Waals surface area contributed by atoms with Crippen LogP contribution in [0.4, 0.5) is 0 Å². The van der Waals surface area contributed by atoms with Crippen LogP contribution in [0.15, 0.2) is 40.3 Å². The first-order valence-corrected chi connectivity index (χ1v) is 8.01. The molecule has 0 aliphatic heterocycles. The Morgan fingerprint density at radius 2 is 2.22 bits per heavy atom. The van der Waals surface area contributed by atoms with Gasteiger partial charge < -0.3 is 19.2 Å². The zero-order valence-corrected chi connectivity index (χ0v) is 13.7. The molecule has 0 bridgehead atoms. The number of carbonyl (C=O) groups excluding carboxylic acids is 2. The summed E-state index contributed by atoms with van der Waals surface area (Å²) in [6.45, 7) is 0.330. The summed E-state index contributed by atoms with van der Waals surface area (Å²) in [5, 5.41) is 4.66. The van der Waals surface area contributed by atoms with Gasteiger partial charge in [-0.3, -0.25) is 9.59 Å². The van der Waals surface area contributed by atoms with Gasteiger partial charge in [0.25, 0.3) is 5.91 Å². The molecule has 0 saturated heterocycles. The highest BCUT2D eigenvalue weighted by molar-refractivity contribution is 7.17. The number of rotatable bonds is 5. The van der Waals surface area contributed by atoms with Crippen molar-refractivity contribution in [2.24, 2.45) is 7.05 Å². The summed E-state index contributed by atoms with van der Waals surface area (Å²) in [6.07, 6.45) is 1.57. The van der Waals surface area contributed by atoms with Gasteiger partial charge in [0, 0.05) is 14.1 Å². The molecule has 3 heterocycles. The van der Waals surface area contributed by atoms with E-state index in [1.165, 1.54) is 4.90 Å². The Balaban J connectivity index is 1.58. The quantitative estimate of drug-likeness (QED) is 0.779. The van der Waals surface area contributed by atoms with Gasteiger partial charge in [0.1, 0.15) is 11.5 Å². The third-order valence-electron chi connectivity index (χ3n) is 3.70. The predicted molar refractivity (Wildman–Crippen MR) is 88.3 cm³/mol. The fourth-order valence-corrected chi connectivity index (χ4v) is 3.22. The van der Waals surface area contributed by atoms with Crippen molar-refractivity contribution < 1.29 is 14.0 Å². The van der Waals surface area contributed by atoms with Crippen molar-refractivity contribution in [1.29, 1.82) is 0 Å². The largest absolute Gasteiger partial charge is 0.467 e. The molecule has 0 fully saturated rings. The molecule has 0 aliphatic rings. The van der Waals surface area contributed by atoms with E-state index in [0.717, 1.165) is 10.2 Å². The van der Waals surface area contributed by atoms with Crippen LogP contribution in [-0.2, 0) is 18.4 Å². The summed E-state index contributed by atoms with van der Waals surface area (Å²) < 4.78 is 8.09. The zero-order chi connectivity index (χ0) is 16.4. The molecule has 2 amide bonds. The molecule has 3 aromatic rings. The van der Waals surface area contributed by atoms with Crippen molar-refractivity contribution >= 4 is 33.4 Å². The number of likely N-dealkylation sites (N-methyl/N-ethyl adjacent to an activating group) is 1. The number of carbonyl (C=O) groups is 2. The summed E-state index contributed by atoms with van der Waals surface area (Å²) >= 11 is 1.58. The molecule has 0 radical (unpaired) electrons. The van der Waals surface area contributed by atoms with Crippen LogP contribution in [0.25, 0.3) is 10.2 Å². The average Bonchev–Trinajstić information content (AvgIpc) is 3.24. The highest BCUT2D eigenvalue weighted by Gasteiger charge is 2.16. The SMILES string of the molecule is CN(Cc1ccco1)C(=O)CNC(=O)c1cc2sccc2n1C. The summed E-state index contributed by atoms with van der Waals surface area (Å²) in [4.78, 5) is 25.9. The van der Waals surface area contributed by atoms with Gasteiger partial charge in [-0.15, -0.1) is 11.3 Å². The Morgan fingerprint density at radius 1 is 1.39 bits per heavy atom. The Labute approximate surface area is 137 Å². The first-order chi connectivity index (χ1) is 11.1. The van der Waals surface area contributed by atoms with Crippen molar-refractivity contribution in [1.82, 2.24) is 14.8 Å². The number of hydrogen-bond acceptors (Lipinski definition) is 4. The van der Waals surface area contributed by atoms with Crippen molar-refractivity contribution in [2.75, 3.05) is 13.6 Å². The molecule has 0 aliphatic carbocycles. The molecule has 3 rings (SSSR count). The monoisotopic (exact) mass is 331 g/mol. The third kappa shape index (κ3) is 3.14. The van der Waals surface area contributed by atoms with Gasteiger partial charge in [0.05, 0.1) is 29.6 Å². The minimum absolute atomic E-state index is 0.0468. The van der Waals surface area contributed by atoms with E-state index in [9.17, 15) is 9.59 Å². The Morgan fingerprint density at radius 3 is 2.91 bits per heavy atom. The Kier molecular flexibility index (Phi) is 4.20. The molecular formula is C16H17N3O3S. The lowest BCUT2D eigenvalue weighted by Gasteiger charge is -2.16. The molecule has 0 saturated carbocycles. The lowest BCUT2D eigenvalue weighted by Crippen LogP contribution is -2.38. The van der Waals surface area contributed by atoms with E-state index in [4.69, 9.17) is 4.42 Å². The van der Waals surface area contributed by atoms with E-state index in [0.29, 0.717) is 18.0 Å². The third-order valence-corrected chi connectivity index (χ3v) is 4.55. The van der Waals surface area contributed by atoms with Gasteiger partial charge in [-0.25, -0.2) is 0 Å². The fraction of sp³-hybridized carbons (Fsp3) is 0.250. The molecule has 23 heavy (non-hydrogen) atoms. The standard InChI is InChI=1S/C16H17N3O3S/c1-18(10-11-4-3-6-22-11)15(20)9-17-16(21)13-8-14-12(19(13)2)5-7-23-14/h3-8H,9-10H2,1-2H3,(H,17,21). The number of furan rings is 1. The Bertz CT molecular complexity index is 832. The maximum absolute atomic E-state index is 12.3. The van der Waals surface area contributed by atoms with Crippen LogP contribution in [0, 0.1) is 0 Å². The van der Waals surface area contributed by atoms with E-state index in [-0.39, 0.29) is 18.4 Å². The van der Waals surface area contributed by atoms with Crippen LogP contribution >= 0.6 is 11.3 Å². The average molecular weight is 331 g/mol. The lowest BCUT2D eigenvalue weighted by molar-refractivity contribution is -0.129. The predicted octanol–water partition coefficient (Wildman–Crippen LogP) is 2.22. The van der Waals surface area contributed by atoms with Crippen molar-refractivity contribution in [3.05, 3.63) is 47.4 Å². The number of thiophene rings is 1. The molecule has 0 spiro atoms. The number of amides is 2. The second-order valence-electron chi connectivity index (χ2n) is 5.27. The van der Waals surface area contributed by atoms with E-state index < -0.39 is 0 Å². The molecule has 0 aromatic carbocycles. The first-order valence-electron chi connectivity index (χ1n) is 7.13. The lowest BCUT2D eigenvalue weighted by atomic mass is 10.3. The van der Waals surface area contributed by atoms with Crippen LogP contribution in [0.3, 0.4) is 0 Å². The van der Waals surface area contributed by atoms with Gasteiger partial charge in [-0.1, -0.05) is 0 Å². The summed E-state index contributed by atoms with van der Waals surface area (Å²) in [7, 11) is 3.52. The maximum Gasteiger partial charge on any atom is 0.268 e. The number of hydrogen-bond donors (Lipinski definition) is 1. The van der Waals surface area contributed by atoms with Crippen LogP contribution < -0.4 is 5.32 Å². The van der Waals surface area contributed by atoms with Gasteiger partial charge in [-0.2, -0.15) is 0 Å². The van der Waals surface area contributed by atoms with Gasteiger partial charge in [0.2, 0.25) is 5.91 Å². The molecule has 120 valence electrons. The molecule has 0 atom stereocenters. The minimum atomic E-state index is -0.254. The first kappa shape index (κ1) is 15.4. The van der Waals surface area contributed by atoms with Crippen molar-refractivity contribution in [2.45, 2.75) is 6.54 Å².